The van der Waals surface area contributed by atoms with Gasteiger partial charge < -0.3 is 25.6 Å². The molecule has 1 aliphatic heterocycles. The molecule has 118 valence electrons. The number of carbonyl (C=O) groups excluding carboxylic acids is 1. The molecule has 0 bridgehead atoms. The first kappa shape index (κ1) is 15.9. The lowest BCUT2D eigenvalue weighted by atomic mass is 10.3. The summed E-state index contributed by atoms with van der Waals surface area (Å²) in [5.74, 6) is 0.503. The second kappa shape index (κ2) is 7.00. The molecule has 1 aromatic rings. The number of nitrogen functional groups attached to an aromatic ring is 1. The van der Waals surface area contributed by atoms with Crippen molar-refractivity contribution in [1.82, 2.24) is 10.2 Å². The molecule has 0 radical (unpaired) electrons. The monoisotopic (exact) mass is 312 g/mol. The summed E-state index contributed by atoms with van der Waals surface area (Å²) in [6.07, 6.45) is 0. The molecule has 0 aromatic carbocycles. The van der Waals surface area contributed by atoms with Crippen molar-refractivity contribution in [2.45, 2.75) is 13.8 Å². The summed E-state index contributed by atoms with van der Waals surface area (Å²) in [7, 11) is 1.60. The molecular formula is C14H24N4O2S. The Kier molecular flexibility index (Phi) is 5.30. The van der Waals surface area contributed by atoms with Crippen molar-refractivity contribution in [1.29, 1.82) is 0 Å². The average Bonchev–Trinajstić information content (AvgIpc) is 2.84. The van der Waals surface area contributed by atoms with Gasteiger partial charge in [-0.1, -0.05) is 6.92 Å². The predicted molar refractivity (Wildman–Crippen MR) is 87.6 cm³/mol. The highest BCUT2D eigenvalue weighted by molar-refractivity contribution is 7.19. The van der Waals surface area contributed by atoms with Gasteiger partial charge in [-0.05, 0) is 13.5 Å². The fraction of sp³-hybridized carbons (Fsp3) is 0.643. The molecule has 1 amide bonds. The number of nitrogens with one attached hydrogen (secondary N) is 1. The zero-order valence-corrected chi connectivity index (χ0v) is 13.8. The lowest BCUT2D eigenvalue weighted by molar-refractivity contribution is 0.0960. The summed E-state index contributed by atoms with van der Waals surface area (Å²) < 4.78 is 5.44. The molecule has 21 heavy (non-hydrogen) atoms. The predicted octanol–water partition coefficient (Wildman–Crippen LogP) is 1.23. The largest absolute Gasteiger partial charge is 0.492 e. The van der Waals surface area contributed by atoms with Crippen molar-refractivity contribution in [3.05, 3.63) is 4.88 Å². The van der Waals surface area contributed by atoms with Crippen LogP contribution < -0.4 is 20.7 Å². The first-order valence-electron chi connectivity index (χ1n) is 7.34. The Balaban J connectivity index is 2.23. The minimum atomic E-state index is -0.128. The number of nitrogens with zero attached hydrogens (tertiary/aromatic N) is 2. The van der Waals surface area contributed by atoms with Crippen molar-refractivity contribution in [3.8, 4) is 5.75 Å². The van der Waals surface area contributed by atoms with E-state index >= 15 is 0 Å². The highest BCUT2D eigenvalue weighted by Gasteiger charge is 2.26. The molecule has 0 unspecified atom stereocenters. The molecule has 2 rings (SSSR count). The van der Waals surface area contributed by atoms with Gasteiger partial charge in [0.1, 0.15) is 15.6 Å². The molecule has 3 N–H and O–H groups in total. The van der Waals surface area contributed by atoms with E-state index in [9.17, 15) is 4.79 Å². The zero-order chi connectivity index (χ0) is 15.4. The average molecular weight is 312 g/mol. The third-order valence-electron chi connectivity index (χ3n) is 3.74. The van der Waals surface area contributed by atoms with Crippen LogP contribution in [-0.2, 0) is 0 Å². The standard InChI is InChI=1S/C14H24N4O2S/c1-4-16-13(19)12-10(15)11(20-3)14(21-12)18-8-6-17(5-2)7-9-18/h4-9,15H2,1-3H3,(H,16,19). The van der Waals surface area contributed by atoms with Crippen LogP contribution in [0.2, 0.25) is 0 Å². The Morgan fingerprint density at radius 2 is 2.00 bits per heavy atom. The van der Waals surface area contributed by atoms with E-state index in [-0.39, 0.29) is 5.91 Å². The number of likely N-dealkylation sites (N-methyl/N-ethyl adjacent to an activating group) is 1. The molecular weight excluding hydrogens is 288 g/mol. The van der Waals surface area contributed by atoms with E-state index in [4.69, 9.17) is 10.5 Å². The molecule has 6 nitrogen and oxygen atoms in total. The van der Waals surface area contributed by atoms with Gasteiger partial charge in [-0.15, -0.1) is 11.3 Å². The second-order valence-corrected chi connectivity index (χ2v) is 5.96. The minimum absolute atomic E-state index is 0.128. The normalized spacial score (nSPS) is 16.0. The molecule has 2 heterocycles. The lowest BCUT2D eigenvalue weighted by Gasteiger charge is -2.34. The number of anilines is 2. The van der Waals surface area contributed by atoms with E-state index in [0.717, 1.165) is 37.7 Å². The number of thiophene rings is 1. The van der Waals surface area contributed by atoms with Crippen molar-refractivity contribution in [2.24, 2.45) is 0 Å². The number of rotatable bonds is 5. The van der Waals surface area contributed by atoms with Crippen molar-refractivity contribution in [2.75, 3.05) is 57.0 Å². The van der Waals surface area contributed by atoms with E-state index in [1.807, 2.05) is 6.92 Å². The molecule has 1 fully saturated rings. The maximum Gasteiger partial charge on any atom is 0.263 e. The number of hydrogen-bond acceptors (Lipinski definition) is 6. The number of hydrogen-bond donors (Lipinski definition) is 2. The van der Waals surface area contributed by atoms with Gasteiger partial charge in [0.05, 0.1) is 7.11 Å². The lowest BCUT2D eigenvalue weighted by Crippen LogP contribution is -2.46. The number of piperazine rings is 1. The maximum atomic E-state index is 12.1. The summed E-state index contributed by atoms with van der Waals surface area (Å²) in [6.45, 7) is 9.63. The number of carbonyl (C=O) groups is 1. The minimum Gasteiger partial charge on any atom is -0.492 e. The SMILES string of the molecule is CCNC(=O)c1sc(N2CCN(CC)CC2)c(OC)c1N. The summed E-state index contributed by atoms with van der Waals surface area (Å²) in [4.78, 5) is 17.3. The smallest absolute Gasteiger partial charge is 0.263 e. The first-order valence-corrected chi connectivity index (χ1v) is 8.15. The van der Waals surface area contributed by atoms with Crippen LogP contribution in [0.1, 0.15) is 23.5 Å². The van der Waals surface area contributed by atoms with Crippen LogP contribution in [0.5, 0.6) is 5.75 Å². The van der Waals surface area contributed by atoms with E-state index in [0.29, 0.717) is 22.9 Å². The molecule has 0 aliphatic carbocycles. The third kappa shape index (κ3) is 3.24. The van der Waals surface area contributed by atoms with Gasteiger partial charge in [0, 0.05) is 32.7 Å². The van der Waals surface area contributed by atoms with Crippen LogP contribution in [0.3, 0.4) is 0 Å². The van der Waals surface area contributed by atoms with Crippen LogP contribution in [0.25, 0.3) is 0 Å². The number of methoxy groups -OCH3 is 1. The summed E-state index contributed by atoms with van der Waals surface area (Å²) in [6, 6.07) is 0. The third-order valence-corrected chi connectivity index (χ3v) is 4.98. The summed E-state index contributed by atoms with van der Waals surface area (Å²) in [5.41, 5.74) is 6.54. The van der Waals surface area contributed by atoms with Crippen LogP contribution in [0.4, 0.5) is 10.7 Å². The molecule has 1 aliphatic rings. The topological polar surface area (TPSA) is 70.8 Å². The first-order chi connectivity index (χ1) is 10.1. The highest BCUT2D eigenvalue weighted by atomic mass is 32.1. The van der Waals surface area contributed by atoms with Crippen LogP contribution >= 0.6 is 11.3 Å². The fourth-order valence-corrected chi connectivity index (χ4v) is 3.66. The maximum absolute atomic E-state index is 12.1. The fourth-order valence-electron chi connectivity index (χ4n) is 2.50. The molecule has 0 atom stereocenters. The van der Waals surface area contributed by atoms with Crippen LogP contribution in [0.15, 0.2) is 0 Å². The molecule has 0 saturated carbocycles. The van der Waals surface area contributed by atoms with E-state index < -0.39 is 0 Å². The van der Waals surface area contributed by atoms with Gasteiger partial charge in [-0.25, -0.2) is 0 Å². The van der Waals surface area contributed by atoms with Crippen molar-refractivity contribution in [3.63, 3.8) is 0 Å². The van der Waals surface area contributed by atoms with E-state index in [1.165, 1.54) is 11.3 Å². The summed E-state index contributed by atoms with van der Waals surface area (Å²) in [5, 5.41) is 3.76. The highest BCUT2D eigenvalue weighted by Crippen LogP contribution is 2.44. The van der Waals surface area contributed by atoms with E-state index in [2.05, 4.69) is 22.0 Å². The Bertz CT molecular complexity index is 495. The Morgan fingerprint density at radius 1 is 1.33 bits per heavy atom. The van der Waals surface area contributed by atoms with Gasteiger partial charge in [-0.3, -0.25) is 4.79 Å². The van der Waals surface area contributed by atoms with Gasteiger partial charge >= 0.3 is 0 Å². The molecule has 1 aromatic heterocycles. The van der Waals surface area contributed by atoms with Gasteiger partial charge in [0.25, 0.3) is 5.91 Å². The Labute approximate surface area is 129 Å². The number of ether oxygens (including phenoxy) is 1. The van der Waals surface area contributed by atoms with E-state index in [1.54, 1.807) is 7.11 Å². The zero-order valence-electron chi connectivity index (χ0n) is 12.9. The number of nitrogens with two attached hydrogens (primary N) is 1. The van der Waals surface area contributed by atoms with Gasteiger partial charge in [0.15, 0.2) is 5.75 Å². The molecule has 0 spiro atoms. The molecule has 7 heteroatoms. The van der Waals surface area contributed by atoms with Crippen LogP contribution in [0, 0.1) is 0 Å². The molecule has 1 saturated heterocycles. The van der Waals surface area contributed by atoms with Crippen molar-refractivity contribution >= 4 is 27.9 Å². The second-order valence-electron chi connectivity index (χ2n) is 4.96. The van der Waals surface area contributed by atoms with Crippen LogP contribution in [-0.4, -0.2) is 57.2 Å². The Hall–Kier alpha value is -1.47. The van der Waals surface area contributed by atoms with Gasteiger partial charge in [-0.2, -0.15) is 0 Å². The van der Waals surface area contributed by atoms with Gasteiger partial charge in [0.2, 0.25) is 0 Å². The Morgan fingerprint density at radius 3 is 2.52 bits per heavy atom. The van der Waals surface area contributed by atoms with Crippen molar-refractivity contribution < 1.29 is 9.53 Å². The quantitative estimate of drug-likeness (QED) is 0.856. The summed E-state index contributed by atoms with van der Waals surface area (Å²) >= 11 is 1.42. The number of amides is 1.